The van der Waals surface area contributed by atoms with Crippen molar-refractivity contribution in [2.45, 2.75) is 37.6 Å². The van der Waals surface area contributed by atoms with Crippen LogP contribution in [0.4, 0.5) is 0 Å². The van der Waals surface area contributed by atoms with Crippen molar-refractivity contribution >= 4 is 5.78 Å². The van der Waals surface area contributed by atoms with Gasteiger partial charge in [0.15, 0.2) is 5.78 Å². The lowest BCUT2D eigenvalue weighted by Crippen LogP contribution is -2.54. The predicted octanol–water partition coefficient (Wildman–Crippen LogP) is 1.13. The van der Waals surface area contributed by atoms with Crippen LogP contribution in [0.15, 0.2) is 11.8 Å². The molecule has 0 aromatic rings. The summed E-state index contributed by atoms with van der Waals surface area (Å²) in [6.45, 7) is 0.731. The zero-order chi connectivity index (χ0) is 9.31. The van der Waals surface area contributed by atoms with Gasteiger partial charge in [-0.25, -0.2) is 0 Å². The maximum atomic E-state index is 11.8. The summed E-state index contributed by atoms with van der Waals surface area (Å²) < 4.78 is 5.13. The van der Waals surface area contributed by atoms with E-state index in [0.29, 0.717) is 0 Å². The first-order valence-corrected chi connectivity index (χ1v) is 4.87. The van der Waals surface area contributed by atoms with E-state index in [9.17, 15) is 4.79 Å². The Morgan fingerprint density at radius 3 is 2.69 bits per heavy atom. The zero-order valence-corrected chi connectivity index (χ0v) is 7.71. The van der Waals surface area contributed by atoms with Crippen molar-refractivity contribution in [2.24, 2.45) is 5.73 Å². The molecule has 3 heteroatoms. The van der Waals surface area contributed by atoms with E-state index < -0.39 is 5.54 Å². The summed E-state index contributed by atoms with van der Waals surface area (Å²) in [4.78, 5) is 11.8. The van der Waals surface area contributed by atoms with E-state index in [1.165, 1.54) is 0 Å². The van der Waals surface area contributed by atoms with Crippen molar-refractivity contribution in [2.75, 3.05) is 6.61 Å². The lowest BCUT2D eigenvalue weighted by atomic mass is 9.72. The van der Waals surface area contributed by atoms with Gasteiger partial charge in [0.05, 0.1) is 18.4 Å². The molecule has 2 rings (SSSR count). The molecule has 72 valence electrons. The minimum atomic E-state index is -0.549. The van der Waals surface area contributed by atoms with Crippen LogP contribution in [0.3, 0.4) is 0 Å². The minimum Gasteiger partial charge on any atom is -0.501 e. The first-order valence-electron chi connectivity index (χ1n) is 4.87. The van der Waals surface area contributed by atoms with Crippen LogP contribution in [-0.2, 0) is 9.53 Å². The third kappa shape index (κ3) is 1.48. The fourth-order valence-electron chi connectivity index (χ4n) is 1.84. The van der Waals surface area contributed by atoms with Gasteiger partial charge in [-0.3, -0.25) is 4.79 Å². The smallest absolute Gasteiger partial charge is 0.181 e. The van der Waals surface area contributed by atoms with Crippen LogP contribution >= 0.6 is 0 Å². The van der Waals surface area contributed by atoms with Gasteiger partial charge < -0.3 is 10.5 Å². The Morgan fingerprint density at radius 2 is 2.23 bits per heavy atom. The molecule has 1 aliphatic heterocycles. The van der Waals surface area contributed by atoms with Crippen molar-refractivity contribution in [1.29, 1.82) is 0 Å². The number of hydrogen-bond donors (Lipinski definition) is 1. The summed E-state index contributed by atoms with van der Waals surface area (Å²) in [6.07, 6.45) is 6.12. The first-order chi connectivity index (χ1) is 6.22. The molecule has 1 heterocycles. The summed E-state index contributed by atoms with van der Waals surface area (Å²) in [5.41, 5.74) is 6.17. The molecule has 0 bridgehead atoms. The quantitative estimate of drug-likeness (QED) is 0.694. The Balaban J connectivity index is 2.07. The Hall–Kier alpha value is -0.830. The molecule has 1 fully saturated rings. The summed E-state index contributed by atoms with van der Waals surface area (Å²) in [7, 11) is 0. The average Bonchev–Trinajstić information content (AvgIpc) is 2.14. The number of carbonyl (C=O) groups is 1. The van der Waals surface area contributed by atoms with Crippen LogP contribution in [0, 0.1) is 0 Å². The molecule has 0 atom stereocenters. The molecule has 0 radical (unpaired) electrons. The molecular formula is C10H15NO2. The minimum absolute atomic E-state index is 0.110. The van der Waals surface area contributed by atoms with Crippen molar-refractivity contribution in [3.05, 3.63) is 11.8 Å². The SMILES string of the molecule is NC1(C(=O)C2=COCCC2)CCC1. The highest BCUT2D eigenvalue weighted by atomic mass is 16.5. The molecule has 0 saturated heterocycles. The number of nitrogens with two attached hydrogens (primary N) is 1. The van der Waals surface area contributed by atoms with E-state index in [-0.39, 0.29) is 5.78 Å². The van der Waals surface area contributed by atoms with Gasteiger partial charge in [-0.1, -0.05) is 0 Å². The summed E-state index contributed by atoms with van der Waals surface area (Å²) >= 11 is 0. The van der Waals surface area contributed by atoms with Gasteiger partial charge in [-0.15, -0.1) is 0 Å². The van der Waals surface area contributed by atoms with Gasteiger partial charge >= 0.3 is 0 Å². The normalized spacial score (nSPS) is 25.5. The third-order valence-corrected chi connectivity index (χ3v) is 2.92. The fourth-order valence-corrected chi connectivity index (χ4v) is 1.84. The lowest BCUT2D eigenvalue weighted by Gasteiger charge is -2.37. The number of carbonyl (C=O) groups excluding carboxylic acids is 1. The van der Waals surface area contributed by atoms with Gasteiger partial charge in [0.2, 0.25) is 0 Å². The Bertz CT molecular complexity index is 254. The number of rotatable bonds is 2. The second kappa shape index (κ2) is 3.14. The molecular weight excluding hydrogens is 166 g/mol. The van der Waals surface area contributed by atoms with E-state index in [2.05, 4.69) is 0 Å². The van der Waals surface area contributed by atoms with Crippen molar-refractivity contribution in [1.82, 2.24) is 0 Å². The number of Topliss-reactive ketones (excluding diaryl/α,β-unsaturated/α-hetero) is 1. The monoisotopic (exact) mass is 181 g/mol. The highest BCUT2D eigenvalue weighted by Gasteiger charge is 2.41. The summed E-state index contributed by atoms with van der Waals surface area (Å²) in [6, 6.07) is 0. The first kappa shape index (κ1) is 8.75. The second-order valence-electron chi connectivity index (χ2n) is 3.96. The summed E-state index contributed by atoms with van der Waals surface area (Å²) in [5, 5.41) is 0. The highest BCUT2D eigenvalue weighted by molar-refractivity contribution is 6.03. The van der Waals surface area contributed by atoms with Crippen LogP contribution in [0.25, 0.3) is 0 Å². The van der Waals surface area contributed by atoms with E-state index in [4.69, 9.17) is 10.5 Å². The second-order valence-corrected chi connectivity index (χ2v) is 3.96. The molecule has 2 N–H and O–H groups in total. The summed E-state index contributed by atoms with van der Waals surface area (Å²) in [5.74, 6) is 0.110. The van der Waals surface area contributed by atoms with E-state index in [1.807, 2.05) is 0 Å². The molecule has 1 saturated carbocycles. The standard InChI is InChI=1S/C10H15NO2/c11-10(4-2-5-10)9(12)8-3-1-6-13-7-8/h7H,1-6,11H2. The van der Waals surface area contributed by atoms with Crippen LogP contribution in [0.1, 0.15) is 32.1 Å². The fraction of sp³-hybridized carbons (Fsp3) is 0.700. The van der Waals surface area contributed by atoms with Crippen LogP contribution in [0.5, 0.6) is 0 Å². The van der Waals surface area contributed by atoms with E-state index in [0.717, 1.165) is 44.3 Å². The van der Waals surface area contributed by atoms with E-state index in [1.54, 1.807) is 6.26 Å². The lowest BCUT2D eigenvalue weighted by molar-refractivity contribution is -0.123. The Labute approximate surface area is 77.9 Å². The van der Waals surface area contributed by atoms with Crippen LogP contribution in [-0.4, -0.2) is 17.9 Å². The molecule has 3 nitrogen and oxygen atoms in total. The van der Waals surface area contributed by atoms with Gasteiger partial charge in [0.25, 0.3) is 0 Å². The largest absolute Gasteiger partial charge is 0.501 e. The van der Waals surface area contributed by atoms with Gasteiger partial charge in [0.1, 0.15) is 0 Å². The van der Waals surface area contributed by atoms with Crippen molar-refractivity contribution in [3.8, 4) is 0 Å². The number of ketones is 1. The third-order valence-electron chi connectivity index (χ3n) is 2.92. The predicted molar refractivity (Wildman–Crippen MR) is 49.0 cm³/mol. The molecule has 13 heavy (non-hydrogen) atoms. The van der Waals surface area contributed by atoms with Gasteiger partial charge in [0, 0.05) is 5.57 Å². The van der Waals surface area contributed by atoms with E-state index >= 15 is 0 Å². The van der Waals surface area contributed by atoms with Crippen molar-refractivity contribution < 1.29 is 9.53 Å². The van der Waals surface area contributed by atoms with Gasteiger partial charge in [-0.05, 0) is 32.1 Å². The molecule has 0 aromatic carbocycles. The topological polar surface area (TPSA) is 52.3 Å². The Morgan fingerprint density at radius 1 is 1.46 bits per heavy atom. The van der Waals surface area contributed by atoms with Crippen LogP contribution in [0.2, 0.25) is 0 Å². The molecule has 1 aliphatic carbocycles. The maximum absolute atomic E-state index is 11.8. The zero-order valence-electron chi connectivity index (χ0n) is 7.71. The number of hydrogen-bond acceptors (Lipinski definition) is 3. The van der Waals surface area contributed by atoms with Crippen molar-refractivity contribution in [3.63, 3.8) is 0 Å². The number of ether oxygens (including phenoxy) is 1. The molecule has 0 spiro atoms. The molecule has 2 aliphatic rings. The molecule has 0 amide bonds. The van der Waals surface area contributed by atoms with Gasteiger partial charge in [-0.2, -0.15) is 0 Å². The maximum Gasteiger partial charge on any atom is 0.181 e. The van der Waals surface area contributed by atoms with Crippen LogP contribution < -0.4 is 5.73 Å². The average molecular weight is 181 g/mol. The molecule has 0 unspecified atom stereocenters. The highest BCUT2D eigenvalue weighted by Crippen LogP contribution is 2.33. The molecule has 0 aromatic heterocycles. The Kier molecular flexibility index (Phi) is 2.12.